The molecule has 11 nitrogen and oxygen atoms in total. The van der Waals surface area contributed by atoms with Gasteiger partial charge < -0.3 is 0 Å². The maximum absolute atomic E-state index is 12.1. The fourth-order valence-electron chi connectivity index (χ4n) is 2.55. The van der Waals surface area contributed by atoms with Crippen molar-refractivity contribution in [3.8, 4) is 0 Å². The van der Waals surface area contributed by atoms with Crippen LogP contribution in [-0.2, 0) is 24.5 Å². The van der Waals surface area contributed by atoms with Crippen molar-refractivity contribution in [3.05, 3.63) is 53.7 Å². The molecule has 1 aromatic heterocycles. The van der Waals surface area contributed by atoms with E-state index in [2.05, 4.69) is 15.5 Å². The number of nitrogens with zero attached hydrogens (tertiary/aromatic N) is 3. The Kier molecular flexibility index (Phi) is 6.63. The van der Waals surface area contributed by atoms with Gasteiger partial charge in [0.1, 0.15) is 0 Å². The van der Waals surface area contributed by atoms with E-state index in [1.165, 1.54) is 18.2 Å². The third-order valence-corrected chi connectivity index (χ3v) is 5.74. The number of hydrogen-bond acceptors (Lipinski definition) is 9. The number of imide groups is 1. The van der Waals surface area contributed by atoms with Gasteiger partial charge in [-0.15, -0.1) is 0 Å². The molecule has 1 saturated heterocycles. The SMILES string of the molecule is O=C(ON1C(=O)CCC1=O)c1ccc(NN=C(c2cccc[c]2[Na])S(=O)(=O)O)nc1. The van der Waals surface area contributed by atoms with Gasteiger partial charge in [0.05, 0.1) is 0 Å². The van der Waals surface area contributed by atoms with Crippen molar-refractivity contribution in [3.63, 3.8) is 0 Å². The summed E-state index contributed by atoms with van der Waals surface area (Å²) in [6, 6.07) is 9.18. The number of hydrogen-bond donors (Lipinski definition) is 2. The van der Waals surface area contributed by atoms with Crippen molar-refractivity contribution in [2.45, 2.75) is 12.8 Å². The maximum atomic E-state index is 12.1. The first-order valence-corrected chi connectivity index (χ1v) is 11.0. The van der Waals surface area contributed by atoms with Gasteiger partial charge in [0.2, 0.25) is 0 Å². The molecule has 13 heteroatoms. The van der Waals surface area contributed by atoms with Crippen LogP contribution >= 0.6 is 0 Å². The van der Waals surface area contributed by atoms with Crippen LogP contribution in [0.4, 0.5) is 5.82 Å². The van der Waals surface area contributed by atoms with E-state index >= 15 is 0 Å². The zero-order chi connectivity index (χ0) is 21.9. The van der Waals surface area contributed by atoms with Crippen LogP contribution in [0.25, 0.3) is 0 Å². The van der Waals surface area contributed by atoms with E-state index in [0.29, 0.717) is 35.8 Å². The molecular formula is C17H13N4NaO7S. The summed E-state index contributed by atoms with van der Waals surface area (Å²) >= 11 is 0.528. The second-order valence-corrected chi connectivity index (χ2v) is 8.63. The first kappa shape index (κ1) is 22.1. The van der Waals surface area contributed by atoms with E-state index in [1.807, 2.05) is 0 Å². The molecule has 2 aromatic rings. The summed E-state index contributed by atoms with van der Waals surface area (Å²) in [4.78, 5) is 43.7. The van der Waals surface area contributed by atoms with Gasteiger partial charge in [0.15, 0.2) is 0 Å². The molecule has 0 spiro atoms. The van der Waals surface area contributed by atoms with E-state index in [-0.39, 0.29) is 29.8 Å². The monoisotopic (exact) mass is 440 g/mol. The van der Waals surface area contributed by atoms with Crippen LogP contribution in [0.15, 0.2) is 47.7 Å². The van der Waals surface area contributed by atoms with E-state index in [9.17, 15) is 27.4 Å². The second kappa shape index (κ2) is 9.02. The van der Waals surface area contributed by atoms with Crippen LogP contribution in [0, 0.1) is 0 Å². The van der Waals surface area contributed by atoms with E-state index in [1.54, 1.807) is 18.2 Å². The van der Waals surface area contributed by atoms with Gasteiger partial charge in [0, 0.05) is 12.8 Å². The van der Waals surface area contributed by atoms with Crippen LogP contribution in [-0.4, -0.2) is 73.8 Å². The first-order valence-electron chi connectivity index (χ1n) is 8.58. The Morgan fingerprint density at radius 2 is 1.83 bits per heavy atom. The summed E-state index contributed by atoms with van der Waals surface area (Å²) in [5, 5.41) is 3.60. The molecule has 0 aliphatic carbocycles. The number of hydrazone groups is 1. The van der Waals surface area contributed by atoms with Crippen molar-refractivity contribution >= 4 is 69.5 Å². The van der Waals surface area contributed by atoms with Crippen molar-refractivity contribution in [2.75, 3.05) is 5.43 Å². The standard InChI is InChI=1S/C17H13N4O7S.Na/c22-14-8-9-15(23)21(14)28-17(24)12-6-7-13(18-10-12)19-20-16(29(25,26)27)11-4-2-1-3-5-11;/h1-4,6-7,10H,8-9H2,(H,18,19)(H,25,26,27);. The van der Waals surface area contributed by atoms with Crippen molar-refractivity contribution in [1.29, 1.82) is 0 Å². The predicted octanol–water partition coefficient (Wildman–Crippen LogP) is -0.242. The van der Waals surface area contributed by atoms with Gasteiger partial charge in [-0.3, -0.25) is 9.59 Å². The molecule has 1 aliphatic rings. The number of rotatable bonds is 5. The van der Waals surface area contributed by atoms with E-state index in [0.717, 1.165) is 6.20 Å². The zero-order valence-electron chi connectivity index (χ0n) is 15.6. The van der Waals surface area contributed by atoms with Gasteiger partial charge in [-0.25, -0.2) is 0 Å². The summed E-state index contributed by atoms with van der Waals surface area (Å²) in [5.41, 5.74) is 2.63. The molecule has 30 heavy (non-hydrogen) atoms. The number of carbonyl (C=O) groups is 3. The Morgan fingerprint density at radius 3 is 2.40 bits per heavy atom. The molecule has 1 aliphatic heterocycles. The number of anilines is 1. The molecule has 0 bridgehead atoms. The van der Waals surface area contributed by atoms with Crippen LogP contribution in [0.5, 0.6) is 0 Å². The minimum absolute atomic E-state index is 0.0231. The Labute approximate surface area is 188 Å². The van der Waals surface area contributed by atoms with Gasteiger partial charge in [-0.2, -0.15) is 0 Å². The van der Waals surface area contributed by atoms with Gasteiger partial charge in [-0.05, 0) is 0 Å². The van der Waals surface area contributed by atoms with Crippen LogP contribution in [0.1, 0.15) is 28.8 Å². The zero-order valence-corrected chi connectivity index (χ0v) is 18.4. The topological polar surface area (TPSA) is 155 Å². The van der Waals surface area contributed by atoms with Crippen LogP contribution in [0.3, 0.4) is 0 Å². The Hall–Kier alpha value is -2.64. The van der Waals surface area contributed by atoms with Crippen molar-refractivity contribution in [1.82, 2.24) is 10.0 Å². The molecule has 0 radical (unpaired) electrons. The molecule has 2 heterocycles. The molecule has 3 rings (SSSR count). The normalized spacial score (nSPS) is 14.8. The fraction of sp³-hybridized carbons (Fsp3) is 0.118. The summed E-state index contributed by atoms with van der Waals surface area (Å²) in [7, 11) is -4.62. The summed E-state index contributed by atoms with van der Waals surface area (Å²) < 4.78 is 33.7. The second-order valence-electron chi connectivity index (χ2n) is 6.21. The van der Waals surface area contributed by atoms with Crippen molar-refractivity contribution < 1.29 is 32.2 Å². The Balaban J connectivity index is 1.76. The van der Waals surface area contributed by atoms with Crippen LogP contribution in [0.2, 0.25) is 0 Å². The molecule has 1 fully saturated rings. The molecule has 0 atom stereocenters. The molecular weight excluding hydrogens is 427 g/mol. The molecule has 2 N–H and O–H groups in total. The van der Waals surface area contributed by atoms with Gasteiger partial charge >= 0.3 is 155 Å². The molecule has 0 saturated carbocycles. The number of nitrogens with one attached hydrogen (secondary N) is 1. The number of benzene rings is 1. The summed E-state index contributed by atoms with van der Waals surface area (Å²) in [5.74, 6) is -2.09. The fourth-order valence-corrected chi connectivity index (χ4v) is 4.00. The van der Waals surface area contributed by atoms with E-state index in [4.69, 9.17) is 4.84 Å². The van der Waals surface area contributed by atoms with Crippen LogP contribution < -0.4 is 8.24 Å². The first-order chi connectivity index (χ1) is 14.2. The molecule has 0 unspecified atom stereocenters. The summed E-state index contributed by atoms with van der Waals surface area (Å²) in [6.07, 6.45) is 1.05. The molecule has 150 valence electrons. The average Bonchev–Trinajstić information content (AvgIpc) is 3.01. The third-order valence-electron chi connectivity index (χ3n) is 4.07. The Bertz CT molecular complexity index is 1130. The van der Waals surface area contributed by atoms with Gasteiger partial charge in [0.25, 0.3) is 11.8 Å². The quantitative estimate of drug-likeness (QED) is 0.160. The van der Waals surface area contributed by atoms with Gasteiger partial charge in [-0.1, -0.05) is 0 Å². The van der Waals surface area contributed by atoms with E-state index < -0.39 is 32.9 Å². The molecule has 2 amide bonds. The Morgan fingerprint density at radius 1 is 1.17 bits per heavy atom. The number of hydroxylamine groups is 2. The number of amides is 2. The van der Waals surface area contributed by atoms with Crippen molar-refractivity contribution in [2.24, 2.45) is 5.10 Å². The summed E-state index contributed by atoms with van der Waals surface area (Å²) in [6.45, 7) is 0. The third kappa shape index (κ3) is 5.09. The number of pyridine rings is 1. The predicted molar refractivity (Wildman–Crippen MR) is 104 cm³/mol. The molecule has 1 aromatic carbocycles. The number of aromatic nitrogens is 1. The average molecular weight is 440 g/mol. The minimum atomic E-state index is -4.62. The number of carbonyl (C=O) groups excluding carboxylic acids is 3.